The number of nitrogens with zero attached hydrogens (tertiary/aromatic N) is 1. The van der Waals surface area contributed by atoms with Crippen LogP contribution in [0.5, 0.6) is 5.75 Å². The molecule has 1 unspecified atom stereocenters. The molecule has 0 bridgehead atoms. The molecule has 118 valence electrons. The van der Waals surface area contributed by atoms with Crippen molar-refractivity contribution in [1.29, 1.82) is 0 Å². The predicted molar refractivity (Wildman–Crippen MR) is 84.0 cm³/mol. The van der Waals surface area contributed by atoms with E-state index in [2.05, 4.69) is 16.3 Å². The third-order valence-electron chi connectivity index (χ3n) is 3.86. The van der Waals surface area contributed by atoms with Crippen LogP contribution in [0.1, 0.15) is 12.8 Å². The van der Waals surface area contributed by atoms with Gasteiger partial charge in [0.1, 0.15) is 5.75 Å². The first-order chi connectivity index (χ1) is 10.2. The number of anilines is 1. The van der Waals surface area contributed by atoms with E-state index in [-0.39, 0.29) is 0 Å². The number of piperidine rings is 1. The molecule has 0 radical (unpaired) electrons. The summed E-state index contributed by atoms with van der Waals surface area (Å²) < 4.78 is 10.2. The highest BCUT2D eigenvalue weighted by Crippen LogP contribution is 2.20. The fourth-order valence-corrected chi connectivity index (χ4v) is 2.75. The van der Waals surface area contributed by atoms with E-state index in [4.69, 9.17) is 9.47 Å². The Morgan fingerprint density at radius 2 is 2.10 bits per heavy atom. The SMILES string of the molecule is COCC(O)CN1CCC(Nc2cccc(OC)c2)CC1. The predicted octanol–water partition coefficient (Wildman–Crippen LogP) is 1.58. The summed E-state index contributed by atoms with van der Waals surface area (Å²) in [5.74, 6) is 0.875. The Bertz CT molecular complexity index is 420. The first-order valence-corrected chi connectivity index (χ1v) is 7.51. The Labute approximate surface area is 126 Å². The van der Waals surface area contributed by atoms with E-state index in [1.54, 1.807) is 14.2 Å². The van der Waals surface area contributed by atoms with Gasteiger partial charge in [-0.05, 0) is 25.0 Å². The van der Waals surface area contributed by atoms with Crippen molar-refractivity contribution in [2.24, 2.45) is 0 Å². The largest absolute Gasteiger partial charge is 0.497 e. The van der Waals surface area contributed by atoms with Crippen LogP contribution in [0.3, 0.4) is 0 Å². The summed E-state index contributed by atoms with van der Waals surface area (Å²) in [6, 6.07) is 8.52. The van der Waals surface area contributed by atoms with Crippen LogP contribution in [-0.4, -0.2) is 62.6 Å². The first kappa shape index (κ1) is 16.1. The van der Waals surface area contributed by atoms with Crippen LogP contribution in [-0.2, 0) is 4.74 Å². The summed E-state index contributed by atoms with van der Waals surface area (Å²) in [7, 11) is 3.30. The van der Waals surface area contributed by atoms with Crippen molar-refractivity contribution in [3.05, 3.63) is 24.3 Å². The Kier molecular flexibility index (Phi) is 6.29. The second-order valence-electron chi connectivity index (χ2n) is 5.56. The van der Waals surface area contributed by atoms with E-state index in [1.807, 2.05) is 18.2 Å². The van der Waals surface area contributed by atoms with Gasteiger partial charge in [-0.15, -0.1) is 0 Å². The van der Waals surface area contributed by atoms with Crippen molar-refractivity contribution in [3.63, 3.8) is 0 Å². The van der Waals surface area contributed by atoms with Gasteiger partial charge in [0.25, 0.3) is 0 Å². The maximum absolute atomic E-state index is 9.76. The van der Waals surface area contributed by atoms with Gasteiger partial charge in [0, 0.05) is 44.5 Å². The van der Waals surface area contributed by atoms with Gasteiger partial charge in [0.05, 0.1) is 19.8 Å². The van der Waals surface area contributed by atoms with Gasteiger partial charge in [0.2, 0.25) is 0 Å². The lowest BCUT2D eigenvalue weighted by Crippen LogP contribution is -2.43. The second kappa shape index (κ2) is 8.22. The fourth-order valence-electron chi connectivity index (χ4n) is 2.75. The van der Waals surface area contributed by atoms with E-state index in [9.17, 15) is 5.11 Å². The number of likely N-dealkylation sites (tertiary alicyclic amines) is 1. The average molecular weight is 294 g/mol. The summed E-state index contributed by atoms with van der Waals surface area (Å²) >= 11 is 0. The summed E-state index contributed by atoms with van der Waals surface area (Å²) in [6.45, 7) is 3.10. The number of hydrogen-bond acceptors (Lipinski definition) is 5. The van der Waals surface area contributed by atoms with Crippen molar-refractivity contribution in [3.8, 4) is 5.75 Å². The highest BCUT2D eigenvalue weighted by atomic mass is 16.5. The molecule has 21 heavy (non-hydrogen) atoms. The monoisotopic (exact) mass is 294 g/mol. The zero-order valence-corrected chi connectivity index (χ0v) is 12.9. The Morgan fingerprint density at radius 1 is 1.33 bits per heavy atom. The molecule has 0 aromatic heterocycles. The molecule has 1 aromatic rings. The third-order valence-corrected chi connectivity index (χ3v) is 3.86. The summed E-state index contributed by atoms with van der Waals surface area (Å²) in [5.41, 5.74) is 1.10. The van der Waals surface area contributed by atoms with Crippen LogP contribution in [0.4, 0.5) is 5.69 Å². The smallest absolute Gasteiger partial charge is 0.120 e. The minimum atomic E-state index is -0.391. The van der Waals surface area contributed by atoms with Crippen LogP contribution in [0.15, 0.2) is 24.3 Å². The Balaban J connectivity index is 1.76. The highest BCUT2D eigenvalue weighted by molar-refractivity contribution is 5.48. The normalized spacial score (nSPS) is 18.4. The molecule has 5 heteroatoms. The molecule has 5 nitrogen and oxygen atoms in total. The summed E-state index contributed by atoms with van der Waals surface area (Å²) in [5, 5.41) is 13.3. The maximum Gasteiger partial charge on any atom is 0.120 e. The Morgan fingerprint density at radius 3 is 2.76 bits per heavy atom. The van der Waals surface area contributed by atoms with Gasteiger partial charge in [-0.25, -0.2) is 0 Å². The minimum absolute atomic E-state index is 0.391. The molecular weight excluding hydrogens is 268 g/mol. The molecule has 0 amide bonds. The second-order valence-corrected chi connectivity index (χ2v) is 5.56. The number of nitrogens with one attached hydrogen (secondary N) is 1. The van der Waals surface area contributed by atoms with Crippen LogP contribution in [0.25, 0.3) is 0 Å². The molecule has 2 rings (SSSR count). The van der Waals surface area contributed by atoms with Gasteiger partial charge in [-0.3, -0.25) is 0 Å². The minimum Gasteiger partial charge on any atom is -0.497 e. The van der Waals surface area contributed by atoms with E-state index in [0.717, 1.165) is 37.4 Å². The molecule has 0 spiro atoms. The third kappa shape index (κ3) is 5.19. The van der Waals surface area contributed by atoms with Crippen LogP contribution >= 0.6 is 0 Å². The summed E-state index contributed by atoms with van der Waals surface area (Å²) in [6.07, 6.45) is 1.77. The van der Waals surface area contributed by atoms with Gasteiger partial charge in [0.15, 0.2) is 0 Å². The number of rotatable bonds is 7. The fraction of sp³-hybridized carbons (Fsp3) is 0.625. The summed E-state index contributed by atoms with van der Waals surface area (Å²) in [4.78, 5) is 2.30. The van der Waals surface area contributed by atoms with Crippen molar-refractivity contribution in [2.75, 3.05) is 45.8 Å². The molecule has 1 aliphatic rings. The number of ether oxygens (including phenoxy) is 2. The zero-order chi connectivity index (χ0) is 15.1. The van der Waals surface area contributed by atoms with Crippen LogP contribution < -0.4 is 10.1 Å². The zero-order valence-electron chi connectivity index (χ0n) is 12.9. The molecule has 1 fully saturated rings. The van der Waals surface area contributed by atoms with Crippen LogP contribution in [0, 0.1) is 0 Å². The molecule has 1 heterocycles. The number of benzene rings is 1. The lowest BCUT2D eigenvalue weighted by atomic mass is 10.0. The van der Waals surface area contributed by atoms with Crippen molar-refractivity contribution in [2.45, 2.75) is 25.0 Å². The van der Waals surface area contributed by atoms with Crippen LogP contribution in [0.2, 0.25) is 0 Å². The number of methoxy groups -OCH3 is 2. The van der Waals surface area contributed by atoms with Crippen molar-refractivity contribution in [1.82, 2.24) is 4.90 Å². The van der Waals surface area contributed by atoms with E-state index in [0.29, 0.717) is 19.2 Å². The number of aliphatic hydroxyl groups is 1. The molecule has 2 N–H and O–H groups in total. The molecule has 0 aliphatic carbocycles. The van der Waals surface area contributed by atoms with E-state index < -0.39 is 6.10 Å². The maximum atomic E-state index is 9.76. The molecule has 0 saturated carbocycles. The molecule has 1 aliphatic heterocycles. The molecule has 1 atom stereocenters. The lowest BCUT2D eigenvalue weighted by molar-refractivity contribution is 0.0327. The topological polar surface area (TPSA) is 54.0 Å². The van der Waals surface area contributed by atoms with Gasteiger partial charge < -0.3 is 24.8 Å². The molecular formula is C16H26N2O3. The van der Waals surface area contributed by atoms with Gasteiger partial charge in [-0.1, -0.05) is 6.07 Å². The average Bonchev–Trinajstić information content (AvgIpc) is 2.50. The lowest BCUT2D eigenvalue weighted by Gasteiger charge is -2.33. The number of hydrogen-bond donors (Lipinski definition) is 2. The highest BCUT2D eigenvalue weighted by Gasteiger charge is 2.20. The standard InChI is InChI=1S/C16H26N2O3/c1-20-12-15(19)11-18-8-6-13(7-9-18)17-14-4-3-5-16(10-14)21-2/h3-5,10,13,15,17,19H,6-9,11-12H2,1-2H3. The Hall–Kier alpha value is -1.30. The quantitative estimate of drug-likeness (QED) is 0.799. The molecule has 1 aromatic carbocycles. The van der Waals surface area contributed by atoms with E-state index >= 15 is 0 Å². The van der Waals surface area contributed by atoms with Gasteiger partial charge >= 0.3 is 0 Å². The first-order valence-electron chi connectivity index (χ1n) is 7.51. The number of aliphatic hydroxyl groups excluding tert-OH is 1. The molecule has 1 saturated heterocycles. The van der Waals surface area contributed by atoms with Crippen molar-refractivity contribution >= 4 is 5.69 Å². The van der Waals surface area contributed by atoms with Gasteiger partial charge in [-0.2, -0.15) is 0 Å². The number of β-amino-alcohol motifs (C(OH)–C–C–N with tert-alkyl or cyclic N) is 1. The van der Waals surface area contributed by atoms with E-state index in [1.165, 1.54) is 0 Å². The van der Waals surface area contributed by atoms with Crippen molar-refractivity contribution < 1.29 is 14.6 Å².